The third-order valence-electron chi connectivity index (χ3n) is 3.31. The number of halogens is 1. The van der Waals surface area contributed by atoms with E-state index in [2.05, 4.69) is 60.2 Å². The van der Waals surface area contributed by atoms with Gasteiger partial charge >= 0.3 is 0 Å². The lowest BCUT2D eigenvalue weighted by molar-refractivity contribution is 0.671. The number of aromatic nitrogens is 2. The molecule has 0 aromatic carbocycles. The Morgan fingerprint density at radius 2 is 2.05 bits per heavy atom. The molecule has 2 aromatic rings. The topological polar surface area (TPSA) is 29.0 Å². The molecule has 0 aliphatic rings. The van der Waals surface area contributed by atoms with Crippen LogP contribution in [0.3, 0.4) is 0 Å². The summed E-state index contributed by atoms with van der Waals surface area (Å²) >= 11 is 7.90. The zero-order valence-electron chi connectivity index (χ0n) is 12.3. The van der Waals surface area contributed by atoms with E-state index in [1.54, 1.807) is 11.3 Å². The molecule has 1 unspecified atom stereocenters. The average Bonchev–Trinajstić information content (AvgIpc) is 2.89. The summed E-state index contributed by atoms with van der Waals surface area (Å²) in [5, 5.41) is 2.62. The van der Waals surface area contributed by atoms with Crippen molar-refractivity contribution in [2.45, 2.75) is 39.2 Å². The molecule has 5 heteroatoms. The van der Waals surface area contributed by atoms with Crippen LogP contribution in [0.15, 0.2) is 23.6 Å². The Balaban J connectivity index is 2.17. The van der Waals surface area contributed by atoms with Gasteiger partial charge in [0.25, 0.3) is 0 Å². The average molecular weight is 310 g/mol. The summed E-state index contributed by atoms with van der Waals surface area (Å²) in [7, 11) is 2.06. The van der Waals surface area contributed by atoms with Gasteiger partial charge in [0, 0.05) is 36.4 Å². The molecular formula is C15H20ClN3S. The van der Waals surface area contributed by atoms with Crippen LogP contribution >= 0.6 is 22.9 Å². The van der Waals surface area contributed by atoms with Crippen molar-refractivity contribution < 1.29 is 0 Å². The van der Waals surface area contributed by atoms with Crippen LogP contribution in [-0.4, -0.2) is 23.1 Å². The fraction of sp³-hybridized carbons (Fsp3) is 0.467. The Morgan fingerprint density at radius 3 is 2.65 bits per heavy atom. The maximum Gasteiger partial charge on any atom is 0.135 e. The van der Waals surface area contributed by atoms with Crippen LogP contribution in [0.1, 0.15) is 37.4 Å². The summed E-state index contributed by atoms with van der Waals surface area (Å²) in [5.41, 5.74) is 0. The standard InChI is InChI=1S/C15H20ClN3S/c1-10(2)15-17-13(16)9-14(18-15)19(4)11(3)8-12-6-5-7-20-12/h5-7,9-11H,8H2,1-4H3. The predicted octanol–water partition coefficient (Wildman–Crippen LogP) is 4.38. The van der Waals surface area contributed by atoms with Gasteiger partial charge in [-0.1, -0.05) is 31.5 Å². The van der Waals surface area contributed by atoms with Crippen molar-refractivity contribution in [2.75, 3.05) is 11.9 Å². The van der Waals surface area contributed by atoms with Crippen molar-refractivity contribution in [3.8, 4) is 0 Å². The molecule has 2 heterocycles. The third kappa shape index (κ3) is 3.70. The number of nitrogens with zero attached hydrogens (tertiary/aromatic N) is 3. The summed E-state index contributed by atoms with van der Waals surface area (Å²) in [5.74, 6) is 1.95. The van der Waals surface area contributed by atoms with Crippen molar-refractivity contribution in [3.63, 3.8) is 0 Å². The molecule has 0 radical (unpaired) electrons. The number of hydrogen-bond acceptors (Lipinski definition) is 4. The second-order valence-electron chi connectivity index (χ2n) is 5.31. The molecule has 0 saturated heterocycles. The van der Waals surface area contributed by atoms with Gasteiger partial charge in [-0.15, -0.1) is 11.3 Å². The zero-order valence-corrected chi connectivity index (χ0v) is 13.9. The highest BCUT2D eigenvalue weighted by Gasteiger charge is 2.15. The molecule has 0 bridgehead atoms. The first-order valence-electron chi connectivity index (χ1n) is 6.77. The van der Waals surface area contributed by atoms with E-state index in [1.165, 1.54) is 4.88 Å². The second kappa shape index (κ2) is 6.55. The maximum atomic E-state index is 6.11. The third-order valence-corrected chi connectivity index (χ3v) is 4.41. The van der Waals surface area contributed by atoms with Crippen LogP contribution in [-0.2, 0) is 6.42 Å². The van der Waals surface area contributed by atoms with Gasteiger partial charge in [-0.3, -0.25) is 0 Å². The van der Waals surface area contributed by atoms with E-state index < -0.39 is 0 Å². The molecule has 0 spiro atoms. The van der Waals surface area contributed by atoms with Crippen LogP contribution in [0.25, 0.3) is 0 Å². The normalized spacial score (nSPS) is 12.7. The Hall–Kier alpha value is -1.13. The highest BCUT2D eigenvalue weighted by molar-refractivity contribution is 7.09. The zero-order chi connectivity index (χ0) is 14.7. The lowest BCUT2D eigenvalue weighted by Gasteiger charge is -2.26. The van der Waals surface area contributed by atoms with Gasteiger partial charge in [0.2, 0.25) is 0 Å². The van der Waals surface area contributed by atoms with E-state index in [4.69, 9.17) is 11.6 Å². The molecule has 2 aromatic heterocycles. The fourth-order valence-electron chi connectivity index (χ4n) is 1.94. The Kier molecular flexibility index (Phi) is 5.00. The van der Waals surface area contributed by atoms with E-state index >= 15 is 0 Å². The highest BCUT2D eigenvalue weighted by Crippen LogP contribution is 2.22. The molecule has 3 nitrogen and oxygen atoms in total. The number of rotatable bonds is 5. The lowest BCUT2D eigenvalue weighted by atomic mass is 10.2. The van der Waals surface area contributed by atoms with Gasteiger partial charge in [0.1, 0.15) is 16.8 Å². The van der Waals surface area contributed by atoms with Gasteiger partial charge < -0.3 is 4.90 Å². The molecule has 0 fully saturated rings. The Bertz CT molecular complexity index is 554. The van der Waals surface area contributed by atoms with Crippen molar-refractivity contribution in [3.05, 3.63) is 39.4 Å². The molecule has 0 aliphatic heterocycles. The van der Waals surface area contributed by atoms with E-state index in [1.807, 2.05) is 6.07 Å². The molecule has 108 valence electrons. The minimum Gasteiger partial charge on any atom is -0.356 e. The van der Waals surface area contributed by atoms with E-state index in [-0.39, 0.29) is 5.92 Å². The molecular weight excluding hydrogens is 290 g/mol. The van der Waals surface area contributed by atoms with Gasteiger partial charge in [0.15, 0.2) is 0 Å². The summed E-state index contributed by atoms with van der Waals surface area (Å²) < 4.78 is 0. The van der Waals surface area contributed by atoms with Crippen LogP contribution in [0, 0.1) is 0 Å². The first-order chi connectivity index (χ1) is 9.47. The van der Waals surface area contributed by atoms with Gasteiger partial charge in [0.05, 0.1) is 0 Å². The Morgan fingerprint density at radius 1 is 1.30 bits per heavy atom. The number of hydrogen-bond donors (Lipinski definition) is 0. The smallest absolute Gasteiger partial charge is 0.135 e. The Labute approximate surface area is 129 Å². The largest absolute Gasteiger partial charge is 0.356 e. The maximum absolute atomic E-state index is 6.11. The van der Waals surface area contributed by atoms with E-state index in [0.717, 1.165) is 18.1 Å². The molecule has 20 heavy (non-hydrogen) atoms. The molecule has 0 N–H and O–H groups in total. The minimum absolute atomic E-state index is 0.272. The molecule has 2 rings (SSSR count). The first kappa shape index (κ1) is 15.3. The molecule has 0 saturated carbocycles. The molecule has 0 aliphatic carbocycles. The molecule has 1 atom stereocenters. The summed E-state index contributed by atoms with van der Waals surface area (Å²) in [6, 6.07) is 6.45. The number of thiophene rings is 1. The van der Waals surface area contributed by atoms with Gasteiger partial charge in [-0.25, -0.2) is 9.97 Å². The summed E-state index contributed by atoms with van der Waals surface area (Å²) in [6.07, 6.45) is 1.01. The van der Waals surface area contributed by atoms with Crippen molar-refractivity contribution in [1.29, 1.82) is 0 Å². The van der Waals surface area contributed by atoms with Crippen molar-refractivity contribution >= 4 is 28.8 Å². The van der Waals surface area contributed by atoms with E-state index in [9.17, 15) is 0 Å². The van der Waals surface area contributed by atoms with Crippen LogP contribution < -0.4 is 4.90 Å². The van der Waals surface area contributed by atoms with Crippen LogP contribution in [0.5, 0.6) is 0 Å². The fourth-order valence-corrected chi connectivity index (χ4v) is 2.96. The number of likely N-dealkylation sites (N-methyl/N-ethyl adjacent to an activating group) is 1. The van der Waals surface area contributed by atoms with Crippen LogP contribution in [0.4, 0.5) is 5.82 Å². The first-order valence-corrected chi connectivity index (χ1v) is 8.03. The lowest BCUT2D eigenvalue weighted by Crippen LogP contribution is -2.31. The highest BCUT2D eigenvalue weighted by atomic mass is 35.5. The second-order valence-corrected chi connectivity index (χ2v) is 6.72. The van der Waals surface area contributed by atoms with Gasteiger partial charge in [-0.05, 0) is 18.4 Å². The SMILES string of the molecule is CC(C)c1nc(Cl)cc(N(C)C(C)Cc2cccs2)n1. The summed E-state index contributed by atoms with van der Waals surface area (Å²) in [6.45, 7) is 6.35. The molecule has 0 amide bonds. The van der Waals surface area contributed by atoms with Crippen molar-refractivity contribution in [1.82, 2.24) is 9.97 Å². The van der Waals surface area contributed by atoms with E-state index in [0.29, 0.717) is 11.2 Å². The van der Waals surface area contributed by atoms with Crippen molar-refractivity contribution in [2.24, 2.45) is 0 Å². The minimum atomic E-state index is 0.272. The monoisotopic (exact) mass is 309 g/mol. The number of anilines is 1. The quantitative estimate of drug-likeness (QED) is 0.767. The van der Waals surface area contributed by atoms with Gasteiger partial charge in [-0.2, -0.15) is 0 Å². The predicted molar refractivity (Wildman–Crippen MR) is 87.0 cm³/mol. The summed E-state index contributed by atoms with van der Waals surface area (Å²) in [4.78, 5) is 12.4. The van der Waals surface area contributed by atoms with Crippen LogP contribution in [0.2, 0.25) is 5.15 Å².